The van der Waals surface area contributed by atoms with E-state index < -0.39 is 0 Å². The molecule has 2 aliphatic rings. The zero-order valence-corrected chi connectivity index (χ0v) is 11.2. The molecule has 1 N–H and O–H groups in total. The van der Waals surface area contributed by atoms with E-state index >= 15 is 0 Å². The first-order valence-electron chi connectivity index (χ1n) is 6.69. The molecular weight excluding hydrogens is 250 g/mol. The van der Waals surface area contributed by atoms with E-state index in [0.29, 0.717) is 11.7 Å². The van der Waals surface area contributed by atoms with Gasteiger partial charge in [0.1, 0.15) is 0 Å². The Morgan fingerprint density at radius 2 is 2.28 bits per heavy atom. The lowest BCUT2D eigenvalue weighted by molar-refractivity contribution is 0.0887. The van der Waals surface area contributed by atoms with E-state index in [9.17, 15) is 4.79 Å². The standard InChI is InChI=1S/C14H18ClNO2/c1-8(11-7-9-2-3-10(11)6-9)16-14(17)12-4-5-13(15)18-12/h4-5,8-11H,2-3,6-7H2,1H3,(H,16,17). The zero-order chi connectivity index (χ0) is 12.7. The predicted octanol–water partition coefficient (Wildman–Crippen LogP) is 3.49. The van der Waals surface area contributed by atoms with Gasteiger partial charge in [-0.15, -0.1) is 0 Å². The van der Waals surface area contributed by atoms with Gasteiger partial charge < -0.3 is 9.73 Å². The van der Waals surface area contributed by atoms with Crippen molar-refractivity contribution < 1.29 is 9.21 Å². The highest BCUT2D eigenvalue weighted by atomic mass is 35.5. The molecule has 4 unspecified atom stereocenters. The highest BCUT2D eigenvalue weighted by Gasteiger charge is 2.42. The van der Waals surface area contributed by atoms with Gasteiger partial charge in [0.2, 0.25) is 0 Å². The van der Waals surface area contributed by atoms with Crippen molar-refractivity contribution in [2.45, 2.75) is 38.6 Å². The molecule has 0 radical (unpaired) electrons. The van der Waals surface area contributed by atoms with Crippen molar-refractivity contribution in [3.63, 3.8) is 0 Å². The lowest BCUT2D eigenvalue weighted by Gasteiger charge is -2.28. The summed E-state index contributed by atoms with van der Waals surface area (Å²) in [6.07, 6.45) is 5.35. The first-order valence-corrected chi connectivity index (χ1v) is 7.07. The Morgan fingerprint density at radius 3 is 2.83 bits per heavy atom. The fourth-order valence-electron chi connectivity index (χ4n) is 3.73. The Bertz CT molecular complexity index is 456. The smallest absolute Gasteiger partial charge is 0.287 e. The quantitative estimate of drug-likeness (QED) is 0.911. The number of hydrogen-bond acceptors (Lipinski definition) is 2. The predicted molar refractivity (Wildman–Crippen MR) is 69.6 cm³/mol. The summed E-state index contributed by atoms with van der Waals surface area (Å²) in [7, 11) is 0. The van der Waals surface area contributed by atoms with E-state index in [2.05, 4.69) is 12.2 Å². The molecule has 3 rings (SSSR count). The molecule has 1 aromatic heterocycles. The fourth-order valence-corrected chi connectivity index (χ4v) is 3.87. The molecule has 0 aromatic carbocycles. The maximum Gasteiger partial charge on any atom is 0.287 e. The highest BCUT2D eigenvalue weighted by molar-refractivity contribution is 6.29. The van der Waals surface area contributed by atoms with Crippen LogP contribution in [0.4, 0.5) is 0 Å². The van der Waals surface area contributed by atoms with Crippen molar-refractivity contribution in [3.05, 3.63) is 23.1 Å². The number of fused-ring (bicyclic) bond motifs is 2. The van der Waals surface area contributed by atoms with Gasteiger partial charge in [-0.1, -0.05) is 6.42 Å². The first-order chi connectivity index (χ1) is 8.63. The maximum absolute atomic E-state index is 12.0. The average Bonchev–Trinajstić information content (AvgIpc) is 3.03. The summed E-state index contributed by atoms with van der Waals surface area (Å²) in [6.45, 7) is 2.10. The molecular formula is C14H18ClNO2. The van der Waals surface area contributed by atoms with Crippen molar-refractivity contribution in [1.82, 2.24) is 5.32 Å². The minimum atomic E-state index is -0.155. The fraction of sp³-hybridized carbons (Fsp3) is 0.643. The minimum Gasteiger partial charge on any atom is -0.440 e. The molecule has 18 heavy (non-hydrogen) atoms. The molecule has 0 spiro atoms. The van der Waals surface area contributed by atoms with Crippen molar-refractivity contribution >= 4 is 17.5 Å². The monoisotopic (exact) mass is 267 g/mol. The summed E-state index contributed by atoms with van der Waals surface area (Å²) in [5.41, 5.74) is 0. The molecule has 4 atom stereocenters. The van der Waals surface area contributed by atoms with Crippen LogP contribution in [0.2, 0.25) is 5.22 Å². The van der Waals surface area contributed by atoms with Crippen molar-refractivity contribution in [1.29, 1.82) is 0 Å². The van der Waals surface area contributed by atoms with Crippen LogP contribution in [0.25, 0.3) is 0 Å². The molecule has 0 saturated heterocycles. The molecule has 3 nitrogen and oxygen atoms in total. The second-order valence-electron chi connectivity index (χ2n) is 5.70. The number of rotatable bonds is 3. The number of carbonyl (C=O) groups excluding carboxylic acids is 1. The van der Waals surface area contributed by atoms with Crippen LogP contribution in [0.3, 0.4) is 0 Å². The van der Waals surface area contributed by atoms with E-state index in [1.54, 1.807) is 12.1 Å². The van der Waals surface area contributed by atoms with Crippen LogP contribution in [0, 0.1) is 17.8 Å². The summed E-state index contributed by atoms with van der Waals surface area (Å²) >= 11 is 5.67. The van der Waals surface area contributed by atoms with Gasteiger partial charge in [0.25, 0.3) is 5.91 Å². The van der Waals surface area contributed by atoms with E-state index in [4.69, 9.17) is 16.0 Å². The van der Waals surface area contributed by atoms with E-state index in [1.807, 2.05) is 0 Å². The third-order valence-electron chi connectivity index (χ3n) is 4.59. The van der Waals surface area contributed by atoms with Crippen molar-refractivity contribution in [2.24, 2.45) is 17.8 Å². The lowest BCUT2D eigenvalue weighted by Crippen LogP contribution is -2.39. The molecule has 2 aliphatic carbocycles. The first kappa shape index (κ1) is 12.1. The molecule has 98 valence electrons. The largest absolute Gasteiger partial charge is 0.440 e. The highest BCUT2D eigenvalue weighted by Crippen LogP contribution is 2.49. The molecule has 1 heterocycles. The van der Waals surface area contributed by atoms with Crippen LogP contribution in [-0.4, -0.2) is 11.9 Å². The number of amides is 1. The third kappa shape index (κ3) is 2.16. The molecule has 1 aromatic rings. The third-order valence-corrected chi connectivity index (χ3v) is 4.79. The number of nitrogens with one attached hydrogen (secondary N) is 1. The van der Waals surface area contributed by atoms with E-state index in [1.165, 1.54) is 25.7 Å². The molecule has 1 amide bonds. The molecule has 4 heteroatoms. The summed E-state index contributed by atoms with van der Waals surface area (Å²) in [5, 5.41) is 3.30. The van der Waals surface area contributed by atoms with Crippen molar-refractivity contribution in [3.8, 4) is 0 Å². The van der Waals surface area contributed by atoms with Gasteiger partial charge in [-0.05, 0) is 67.7 Å². The topological polar surface area (TPSA) is 42.2 Å². The minimum absolute atomic E-state index is 0.155. The Labute approximate surface area is 112 Å². The number of carbonyl (C=O) groups is 1. The SMILES string of the molecule is CC(NC(=O)c1ccc(Cl)o1)C1CC2CCC1C2. The second kappa shape index (κ2) is 4.61. The van der Waals surface area contributed by atoms with Gasteiger partial charge in [0.05, 0.1) is 0 Å². The van der Waals surface area contributed by atoms with Gasteiger partial charge in [0.15, 0.2) is 11.0 Å². The number of halogens is 1. The second-order valence-corrected chi connectivity index (χ2v) is 6.08. The molecule has 2 bridgehead atoms. The van der Waals surface area contributed by atoms with Gasteiger partial charge in [-0.2, -0.15) is 0 Å². The molecule has 2 saturated carbocycles. The normalized spacial score (nSPS) is 31.6. The van der Waals surface area contributed by atoms with Crippen molar-refractivity contribution in [2.75, 3.05) is 0 Å². The summed E-state index contributed by atoms with van der Waals surface area (Å²) < 4.78 is 5.12. The van der Waals surface area contributed by atoms with Crippen LogP contribution >= 0.6 is 11.6 Å². The van der Waals surface area contributed by atoms with Crippen LogP contribution in [0.5, 0.6) is 0 Å². The van der Waals surface area contributed by atoms with Gasteiger partial charge in [-0.25, -0.2) is 0 Å². The average molecular weight is 268 g/mol. The molecule has 2 fully saturated rings. The number of furan rings is 1. The van der Waals surface area contributed by atoms with E-state index in [0.717, 1.165) is 11.8 Å². The zero-order valence-electron chi connectivity index (χ0n) is 10.5. The summed E-state index contributed by atoms with van der Waals surface area (Å²) in [5.74, 6) is 2.49. The maximum atomic E-state index is 12.0. The lowest BCUT2D eigenvalue weighted by atomic mass is 9.84. The van der Waals surface area contributed by atoms with Gasteiger partial charge in [0, 0.05) is 6.04 Å². The number of hydrogen-bond donors (Lipinski definition) is 1. The van der Waals surface area contributed by atoms with Crippen LogP contribution < -0.4 is 5.32 Å². The Hall–Kier alpha value is -0.960. The summed E-state index contributed by atoms with van der Waals surface area (Å²) in [4.78, 5) is 12.0. The van der Waals surface area contributed by atoms with Crippen LogP contribution in [0.1, 0.15) is 43.2 Å². The molecule has 0 aliphatic heterocycles. The summed E-state index contributed by atoms with van der Waals surface area (Å²) in [6, 6.07) is 3.43. The van der Waals surface area contributed by atoms with Crippen LogP contribution in [-0.2, 0) is 0 Å². The Morgan fingerprint density at radius 1 is 1.44 bits per heavy atom. The van der Waals surface area contributed by atoms with Gasteiger partial charge >= 0.3 is 0 Å². The van der Waals surface area contributed by atoms with E-state index in [-0.39, 0.29) is 17.2 Å². The Kier molecular flexibility index (Phi) is 3.10. The van der Waals surface area contributed by atoms with Gasteiger partial charge in [-0.3, -0.25) is 4.79 Å². The Balaban J connectivity index is 1.61. The van der Waals surface area contributed by atoms with Crippen LogP contribution in [0.15, 0.2) is 16.5 Å².